The van der Waals surface area contributed by atoms with Crippen molar-refractivity contribution in [1.82, 2.24) is 10.2 Å². The molecule has 0 saturated heterocycles. The number of carbonyl (C=O) groups is 1. The van der Waals surface area contributed by atoms with Crippen LogP contribution in [0.4, 0.5) is 6.01 Å². The van der Waals surface area contributed by atoms with Crippen LogP contribution in [0.3, 0.4) is 0 Å². The minimum absolute atomic E-state index is 0.0899. The number of ether oxygens (including phenoxy) is 1. The smallest absolute Gasteiger partial charge is 0.322 e. The van der Waals surface area contributed by atoms with Crippen LogP contribution in [0.1, 0.15) is 28.7 Å². The first-order chi connectivity index (χ1) is 12.7. The molecule has 2 aromatic carbocycles. The SMILES string of the molecule is CCSc1cccc(C(=O)Nc2nnc(Cc3ccc(OC)cc3)o2)c1. The van der Waals surface area contributed by atoms with Gasteiger partial charge in [-0.25, -0.2) is 0 Å². The number of hydrogen-bond donors (Lipinski definition) is 1. The third-order valence-electron chi connectivity index (χ3n) is 3.61. The molecule has 0 aliphatic heterocycles. The molecule has 7 heteroatoms. The van der Waals surface area contributed by atoms with Crippen LogP contribution in [0.15, 0.2) is 57.8 Å². The van der Waals surface area contributed by atoms with E-state index in [0.29, 0.717) is 17.9 Å². The molecular weight excluding hydrogens is 350 g/mol. The van der Waals surface area contributed by atoms with Crippen LogP contribution in [0.25, 0.3) is 0 Å². The Balaban J connectivity index is 1.64. The molecule has 0 aliphatic carbocycles. The Morgan fingerprint density at radius 3 is 2.73 bits per heavy atom. The van der Waals surface area contributed by atoms with Crippen molar-refractivity contribution in [3.63, 3.8) is 0 Å². The summed E-state index contributed by atoms with van der Waals surface area (Å²) in [6.45, 7) is 2.07. The van der Waals surface area contributed by atoms with E-state index in [9.17, 15) is 4.79 Å². The lowest BCUT2D eigenvalue weighted by molar-refractivity contribution is 0.102. The quantitative estimate of drug-likeness (QED) is 0.634. The van der Waals surface area contributed by atoms with Gasteiger partial charge >= 0.3 is 6.01 Å². The molecule has 26 heavy (non-hydrogen) atoms. The first-order valence-electron chi connectivity index (χ1n) is 8.17. The number of methoxy groups -OCH3 is 1. The number of rotatable bonds is 7. The van der Waals surface area contributed by atoms with Crippen LogP contribution >= 0.6 is 11.8 Å². The summed E-state index contributed by atoms with van der Waals surface area (Å²) in [6.07, 6.45) is 0.482. The van der Waals surface area contributed by atoms with Crippen molar-refractivity contribution in [1.29, 1.82) is 0 Å². The van der Waals surface area contributed by atoms with E-state index in [1.807, 2.05) is 42.5 Å². The van der Waals surface area contributed by atoms with Crippen molar-refractivity contribution in [2.75, 3.05) is 18.2 Å². The molecule has 1 heterocycles. The van der Waals surface area contributed by atoms with E-state index in [1.165, 1.54) is 0 Å². The van der Waals surface area contributed by atoms with Gasteiger partial charge in [0.05, 0.1) is 13.5 Å². The third-order valence-corrected chi connectivity index (χ3v) is 4.48. The Kier molecular flexibility index (Phi) is 5.91. The molecule has 0 saturated carbocycles. The van der Waals surface area contributed by atoms with E-state index >= 15 is 0 Å². The molecule has 0 unspecified atom stereocenters. The van der Waals surface area contributed by atoms with Crippen molar-refractivity contribution in [3.8, 4) is 5.75 Å². The molecule has 1 N–H and O–H groups in total. The van der Waals surface area contributed by atoms with E-state index in [4.69, 9.17) is 9.15 Å². The summed E-state index contributed by atoms with van der Waals surface area (Å²) in [6, 6.07) is 15.1. The van der Waals surface area contributed by atoms with Gasteiger partial charge in [0.25, 0.3) is 5.91 Å². The van der Waals surface area contributed by atoms with E-state index in [-0.39, 0.29) is 11.9 Å². The number of anilines is 1. The Morgan fingerprint density at radius 2 is 2.00 bits per heavy atom. The summed E-state index contributed by atoms with van der Waals surface area (Å²) in [5.41, 5.74) is 1.56. The maximum Gasteiger partial charge on any atom is 0.322 e. The Bertz CT molecular complexity index is 878. The highest BCUT2D eigenvalue weighted by atomic mass is 32.2. The zero-order valence-corrected chi connectivity index (χ0v) is 15.4. The first-order valence-corrected chi connectivity index (χ1v) is 9.16. The van der Waals surface area contributed by atoms with E-state index < -0.39 is 0 Å². The second-order valence-corrected chi connectivity index (χ2v) is 6.78. The number of nitrogens with one attached hydrogen (secondary N) is 1. The van der Waals surface area contributed by atoms with Crippen LogP contribution in [0.5, 0.6) is 5.75 Å². The van der Waals surface area contributed by atoms with Gasteiger partial charge in [-0.3, -0.25) is 10.1 Å². The van der Waals surface area contributed by atoms with Gasteiger partial charge in [-0.05, 0) is 41.6 Å². The molecule has 3 aromatic rings. The number of thioether (sulfide) groups is 1. The molecule has 3 rings (SSSR count). The fraction of sp³-hybridized carbons (Fsp3) is 0.211. The van der Waals surface area contributed by atoms with Crippen LogP contribution < -0.4 is 10.1 Å². The number of carbonyl (C=O) groups excluding carboxylic acids is 1. The zero-order valence-electron chi connectivity index (χ0n) is 14.6. The van der Waals surface area contributed by atoms with Gasteiger partial charge < -0.3 is 9.15 Å². The molecule has 0 fully saturated rings. The first kappa shape index (κ1) is 18.0. The Morgan fingerprint density at radius 1 is 1.19 bits per heavy atom. The summed E-state index contributed by atoms with van der Waals surface area (Å²) in [5.74, 6) is 1.89. The number of hydrogen-bond acceptors (Lipinski definition) is 6. The predicted octanol–water partition coefficient (Wildman–Crippen LogP) is 4.03. The fourth-order valence-corrected chi connectivity index (χ4v) is 3.08. The van der Waals surface area contributed by atoms with Gasteiger partial charge in [-0.2, -0.15) is 0 Å². The molecule has 134 valence electrons. The highest BCUT2D eigenvalue weighted by Crippen LogP contribution is 2.20. The van der Waals surface area contributed by atoms with Crippen LogP contribution in [0, 0.1) is 0 Å². The van der Waals surface area contributed by atoms with Gasteiger partial charge in [0.2, 0.25) is 5.89 Å². The molecule has 0 spiro atoms. The standard InChI is InChI=1S/C19H19N3O3S/c1-3-26-16-6-4-5-14(12-16)18(23)20-19-22-21-17(25-19)11-13-7-9-15(24-2)10-8-13/h4-10,12H,3,11H2,1-2H3,(H,20,22,23). The average Bonchev–Trinajstić information content (AvgIpc) is 3.09. The van der Waals surface area contributed by atoms with E-state index in [0.717, 1.165) is 22.0 Å². The predicted molar refractivity (Wildman–Crippen MR) is 101 cm³/mol. The number of benzene rings is 2. The molecule has 0 bridgehead atoms. The van der Waals surface area contributed by atoms with Crippen LogP contribution in [-0.2, 0) is 6.42 Å². The highest BCUT2D eigenvalue weighted by molar-refractivity contribution is 7.99. The van der Waals surface area contributed by atoms with Crippen molar-refractivity contribution < 1.29 is 13.9 Å². The summed E-state index contributed by atoms with van der Waals surface area (Å²) >= 11 is 1.68. The lowest BCUT2D eigenvalue weighted by Crippen LogP contribution is -2.12. The second-order valence-electron chi connectivity index (χ2n) is 5.44. The van der Waals surface area contributed by atoms with Gasteiger partial charge in [0, 0.05) is 10.5 Å². The monoisotopic (exact) mass is 369 g/mol. The maximum atomic E-state index is 12.3. The van der Waals surface area contributed by atoms with Crippen molar-refractivity contribution in [2.45, 2.75) is 18.2 Å². The van der Waals surface area contributed by atoms with Gasteiger partial charge in [-0.15, -0.1) is 16.9 Å². The lowest BCUT2D eigenvalue weighted by Gasteiger charge is -2.03. The number of amides is 1. The third kappa shape index (κ3) is 4.64. The van der Waals surface area contributed by atoms with Crippen molar-refractivity contribution in [2.24, 2.45) is 0 Å². The van der Waals surface area contributed by atoms with Gasteiger partial charge in [-0.1, -0.05) is 30.2 Å². The summed E-state index contributed by atoms with van der Waals surface area (Å²) in [4.78, 5) is 13.4. The second kappa shape index (κ2) is 8.53. The minimum atomic E-state index is -0.275. The van der Waals surface area contributed by atoms with Crippen molar-refractivity contribution in [3.05, 3.63) is 65.5 Å². The molecule has 6 nitrogen and oxygen atoms in total. The van der Waals surface area contributed by atoms with Gasteiger partial charge in [0.15, 0.2) is 0 Å². The maximum absolute atomic E-state index is 12.3. The van der Waals surface area contributed by atoms with Crippen LogP contribution in [-0.4, -0.2) is 29.0 Å². The summed E-state index contributed by atoms with van der Waals surface area (Å²) in [7, 11) is 1.62. The number of aromatic nitrogens is 2. The summed E-state index contributed by atoms with van der Waals surface area (Å²) in [5, 5.41) is 10.5. The van der Waals surface area contributed by atoms with Crippen LogP contribution in [0.2, 0.25) is 0 Å². The molecule has 0 aliphatic rings. The number of nitrogens with zero attached hydrogens (tertiary/aromatic N) is 2. The van der Waals surface area contributed by atoms with E-state index in [1.54, 1.807) is 24.9 Å². The molecule has 0 atom stereocenters. The molecule has 1 amide bonds. The van der Waals surface area contributed by atoms with E-state index in [2.05, 4.69) is 22.4 Å². The molecule has 0 radical (unpaired) electrons. The largest absolute Gasteiger partial charge is 0.497 e. The Hall–Kier alpha value is -2.80. The normalized spacial score (nSPS) is 10.5. The minimum Gasteiger partial charge on any atom is -0.497 e. The Labute approximate surface area is 156 Å². The summed E-state index contributed by atoms with van der Waals surface area (Å²) < 4.78 is 10.7. The molecule has 1 aromatic heterocycles. The topological polar surface area (TPSA) is 77.2 Å². The fourth-order valence-electron chi connectivity index (χ4n) is 2.36. The zero-order chi connectivity index (χ0) is 18.4. The lowest BCUT2D eigenvalue weighted by atomic mass is 10.1. The van der Waals surface area contributed by atoms with Gasteiger partial charge in [0.1, 0.15) is 5.75 Å². The molecular formula is C19H19N3O3S. The van der Waals surface area contributed by atoms with Crippen molar-refractivity contribution >= 4 is 23.7 Å². The average molecular weight is 369 g/mol. The highest BCUT2D eigenvalue weighted by Gasteiger charge is 2.12.